The molecule has 0 saturated heterocycles. The molecule has 2 aliphatic rings. The molecule has 0 aromatic carbocycles. The van der Waals surface area contributed by atoms with Crippen LogP contribution in [-0.2, 0) is 0 Å². The molecule has 1 heterocycles. The predicted octanol–water partition coefficient (Wildman–Crippen LogP) is 1.22. The maximum atomic E-state index is 4.16. The van der Waals surface area contributed by atoms with Crippen molar-refractivity contribution in [2.45, 2.75) is 12.8 Å². The first kappa shape index (κ1) is 5.71. The fourth-order valence-electron chi connectivity index (χ4n) is 1.27. The van der Waals surface area contributed by atoms with E-state index in [4.69, 9.17) is 0 Å². The van der Waals surface area contributed by atoms with E-state index >= 15 is 0 Å². The number of fused-ring (bicyclic) bond motifs is 1. The van der Waals surface area contributed by atoms with E-state index in [1.54, 1.807) is 0 Å². The minimum absolute atomic E-state index is 0.989. The fraction of sp³-hybridized carbons (Fsp3) is 0.375. The van der Waals surface area contributed by atoms with E-state index in [1.165, 1.54) is 5.57 Å². The maximum Gasteiger partial charge on any atom is 0.0855 e. The minimum Gasteiger partial charge on any atom is -0.309 e. The molecule has 10 heavy (non-hydrogen) atoms. The lowest BCUT2D eigenvalue weighted by molar-refractivity contribution is 0.711. The van der Waals surface area contributed by atoms with Gasteiger partial charge in [0.1, 0.15) is 0 Å². The van der Waals surface area contributed by atoms with Gasteiger partial charge in [0.05, 0.1) is 5.71 Å². The van der Waals surface area contributed by atoms with Gasteiger partial charge in [-0.2, -0.15) is 5.10 Å². The Kier molecular flexibility index (Phi) is 1.31. The maximum absolute atomic E-state index is 4.16. The van der Waals surface area contributed by atoms with Gasteiger partial charge in [0.2, 0.25) is 0 Å². The third-order valence-corrected chi connectivity index (χ3v) is 1.81. The molecule has 0 unspecified atom stereocenters. The van der Waals surface area contributed by atoms with E-state index in [2.05, 4.69) is 28.8 Å². The zero-order valence-corrected chi connectivity index (χ0v) is 5.80. The Hall–Kier alpha value is -1.05. The van der Waals surface area contributed by atoms with Crippen molar-refractivity contribution in [2.24, 2.45) is 5.10 Å². The van der Waals surface area contributed by atoms with Gasteiger partial charge in [0.15, 0.2) is 0 Å². The van der Waals surface area contributed by atoms with Crippen molar-refractivity contribution in [2.75, 3.05) is 6.54 Å². The van der Waals surface area contributed by atoms with Crippen LogP contribution in [0.5, 0.6) is 0 Å². The Bertz CT molecular complexity index is 223. The van der Waals surface area contributed by atoms with Crippen LogP contribution in [0, 0.1) is 0 Å². The number of nitrogens with one attached hydrogen (secondary N) is 1. The summed E-state index contributed by atoms with van der Waals surface area (Å²) in [6.45, 7) is 0.989. The van der Waals surface area contributed by atoms with Crippen molar-refractivity contribution >= 4 is 5.71 Å². The molecule has 0 atom stereocenters. The fourth-order valence-corrected chi connectivity index (χ4v) is 1.27. The lowest BCUT2D eigenvalue weighted by Gasteiger charge is -2.16. The molecule has 1 aliphatic heterocycles. The molecule has 0 aromatic rings. The lowest BCUT2D eigenvalue weighted by atomic mass is 10.00. The second kappa shape index (κ2) is 2.29. The number of hydrazone groups is 1. The van der Waals surface area contributed by atoms with Crippen LogP contribution in [0.25, 0.3) is 0 Å². The van der Waals surface area contributed by atoms with Gasteiger partial charge in [-0.05, 0) is 24.5 Å². The summed E-state index contributed by atoms with van der Waals surface area (Å²) in [6.07, 6.45) is 8.67. The van der Waals surface area contributed by atoms with Crippen LogP contribution in [0.2, 0.25) is 0 Å². The average molecular weight is 134 g/mol. The van der Waals surface area contributed by atoms with Gasteiger partial charge in [-0.1, -0.05) is 12.2 Å². The molecule has 52 valence electrons. The van der Waals surface area contributed by atoms with Crippen LogP contribution in [0.3, 0.4) is 0 Å². The molecule has 2 rings (SSSR count). The molecule has 1 aliphatic carbocycles. The van der Waals surface area contributed by atoms with Crippen molar-refractivity contribution in [3.8, 4) is 0 Å². The molecule has 0 saturated carbocycles. The summed E-state index contributed by atoms with van der Waals surface area (Å²) >= 11 is 0. The number of nitrogens with zero attached hydrogens (tertiary/aromatic N) is 1. The Morgan fingerprint density at radius 3 is 3.40 bits per heavy atom. The normalized spacial score (nSPS) is 22.4. The SMILES string of the molecule is C1=CC2=NNCCC2=CC1. The topological polar surface area (TPSA) is 24.4 Å². The molecule has 0 radical (unpaired) electrons. The summed E-state index contributed by atoms with van der Waals surface area (Å²) in [5.74, 6) is 0. The number of hydrogen-bond acceptors (Lipinski definition) is 2. The highest BCUT2D eigenvalue weighted by atomic mass is 15.3. The smallest absolute Gasteiger partial charge is 0.0855 e. The molecule has 0 amide bonds. The van der Waals surface area contributed by atoms with Gasteiger partial charge in [-0.25, -0.2) is 0 Å². The van der Waals surface area contributed by atoms with E-state index in [1.807, 2.05) is 0 Å². The highest BCUT2D eigenvalue weighted by Crippen LogP contribution is 2.14. The monoisotopic (exact) mass is 134 g/mol. The molecule has 2 heteroatoms. The molecule has 0 aromatic heterocycles. The lowest BCUT2D eigenvalue weighted by Crippen LogP contribution is -2.21. The van der Waals surface area contributed by atoms with E-state index in [0.29, 0.717) is 0 Å². The number of allylic oxidation sites excluding steroid dienone is 3. The average Bonchev–Trinajstić information content (AvgIpc) is 2.05. The zero-order chi connectivity index (χ0) is 6.81. The minimum atomic E-state index is 0.989. The summed E-state index contributed by atoms with van der Waals surface area (Å²) in [5, 5.41) is 4.16. The summed E-state index contributed by atoms with van der Waals surface area (Å²) in [6, 6.07) is 0. The van der Waals surface area contributed by atoms with Crippen LogP contribution in [0.4, 0.5) is 0 Å². The van der Waals surface area contributed by atoms with Crippen LogP contribution >= 0.6 is 0 Å². The van der Waals surface area contributed by atoms with E-state index in [0.717, 1.165) is 25.1 Å². The largest absolute Gasteiger partial charge is 0.309 e. The quantitative estimate of drug-likeness (QED) is 0.529. The summed E-state index contributed by atoms with van der Waals surface area (Å²) in [5.41, 5.74) is 5.51. The number of hydrogen-bond donors (Lipinski definition) is 1. The third kappa shape index (κ3) is 0.856. The highest BCUT2D eigenvalue weighted by Gasteiger charge is 2.09. The highest BCUT2D eigenvalue weighted by molar-refractivity contribution is 6.09. The Morgan fingerprint density at radius 2 is 2.50 bits per heavy atom. The Labute approximate surface area is 60.3 Å². The third-order valence-electron chi connectivity index (χ3n) is 1.81. The van der Waals surface area contributed by atoms with E-state index < -0.39 is 0 Å². The van der Waals surface area contributed by atoms with E-state index in [-0.39, 0.29) is 0 Å². The molecule has 1 N–H and O–H groups in total. The standard InChI is InChI=1S/C8H10N2/c1-2-4-8-7(3-1)5-6-9-10-8/h2-4,9H,1,5-6H2. The molecular formula is C8H10N2. The van der Waals surface area contributed by atoms with Crippen LogP contribution in [0.15, 0.2) is 28.9 Å². The molecule has 0 bridgehead atoms. The first-order valence-corrected chi connectivity index (χ1v) is 3.63. The summed E-state index contributed by atoms with van der Waals surface area (Å²) in [7, 11) is 0. The molecule has 0 spiro atoms. The van der Waals surface area contributed by atoms with Gasteiger partial charge in [-0.15, -0.1) is 0 Å². The van der Waals surface area contributed by atoms with Crippen LogP contribution in [-0.4, -0.2) is 12.3 Å². The Morgan fingerprint density at radius 1 is 1.50 bits per heavy atom. The Balaban J connectivity index is 2.32. The van der Waals surface area contributed by atoms with E-state index in [9.17, 15) is 0 Å². The van der Waals surface area contributed by atoms with Crippen molar-refractivity contribution in [1.29, 1.82) is 0 Å². The van der Waals surface area contributed by atoms with Gasteiger partial charge in [0.25, 0.3) is 0 Å². The first-order valence-electron chi connectivity index (χ1n) is 3.63. The molecule has 2 nitrogen and oxygen atoms in total. The summed E-state index contributed by atoms with van der Waals surface area (Å²) < 4.78 is 0. The van der Waals surface area contributed by atoms with Crippen molar-refractivity contribution in [3.63, 3.8) is 0 Å². The van der Waals surface area contributed by atoms with Crippen molar-refractivity contribution in [3.05, 3.63) is 23.8 Å². The van der Waals surface area contributed by atoms with Crippen LogP contribution in [0.1, 0.15) is 12.8 Å². The predicted molar refractivity (Wildman–Crippen MR) is 41.9 cm³/mol. The van der Waals surface area contributed by atoms with Crippen molar-refractivity contribution < 1.29 is 0 Å². The summed E-state index contributed by atoms with van der Waals surface area (Å²) in [4.78, 5) is 0. The van der Waals surface area contributed by atoms with Gasteiger partial charge >= 0.3 is 0 Å². The molecular weight excluding hydrogens is 124 g/mol. The van der Waals surface area contributed by atoms with Gasteiger partial charge in [-0.3, -0.25) is 0 Å². The zero-order valence-electron chi connectivity index (χ0n) is 5.80. The van der Waals surface area contributed by atoms with Gasteiger partial charge in [0, 0.05) is 6.54 Å². The van der Waals surface area contributed by atoms with Gasteiger partial charge < -0.3 is 5.43 Å². The first-order chi connectivity index (χ1) is 4.97. The second-order valence-electron chi connectivity index (χ2n) is 2.52. The number of rotatable bonds is 0. The van der Waals surface area contributed by atoms with Crippen molar-refractivity contribution in [1.82, 2.24) is 5.43 Å². The second-order valence-corrected chi connectivity index (χ2v) is 2.52. The molecule has 0 fully saturated rings. The van der Waals surface area contributed by atoms with Crippen LogP contribution < -0.4 is 5.43 Å².